The first kappa shape index (κ1) is 22.5. The van der Waals surface area contributed by atoms with Gasteiger partial charge in [-0.15, -0.1) is 11.8 Å². The number of thioether (sulfide) groups is 1. The summed E-state index contributed by atoms with van der Waals surface area (Å²) in [7, 11) is -1.28. The number of hydrogen-bond acceptors (Lipinski definition) is 4. The topological polar surface area (TPSA) is 48.3 Å². The van der Waals surface area contributed by atoms with Crippen molar-refractivity contribution in [3.8, 4) is 0 Å². The summed E-state index contributed by atoms with van der Waals surface area (Å²) in [5.41, 5.74) is 3.56. The first-order valence-electron chi connectivity index (χ1n) is 11.9. The minimum absolute atomic E-state index is 0.0817. The molecule has 0 radical (unpaired) electrons. The number of pyridine rings is 1. The number of ether oxygens (including phenoxy) is 1. The molecule has 2 aliphatic rings. The van der Waals surface area contributed by atoms with E-state index in [9.17, 15) is 9.59 Å². The van der Waals surface area contributed by atoms with Crippen molar-refractivity contribution in [3.05, 3.63) is 75.6 Å². The summed E-state index contributed by atoms with van der Waals surface area (Å²) in [4.78, 5) is 26.2. The van der Waals surface area contributed by atoms with Gasteiger partial charge < -0.3 is 4.74 Å². The molecule has 1 aromatic heterocycles. The lowest BCUT2D eigenvalue weighted by Gasteiger charge is -2.19. The zero-order valence-electron chi connectivity index (χ0n) is 19.6. The van der Waals surface area contributed by atoms with E-state index in [-0.39, 0.29) is 11.5 Å². The van der Waals surface area contributed by atoms with Crippen LogP contribution in [0.4, 0.5) is 0 Å². The summed E-state index contributed by atoms with van der Waals surface area (Å²) in [6, 6.07) is 17.0. The van der Waals surface area contributed by atoms with Gasteiger partial charge in [-0.1, -0.05) is 62.1 Å². The summed E-state index contributed by atoms with van der Waals surface area (Å²) in [5.74, 6) is 0.814. The van der Waals surface area contributed by atoms with Crippen molar-refractivity contribution in [1.29, 1.82) is 0 Å². The molecule has 0 saturated heterocycles. The SMILES string of the molecule is C[Si](C)(C)CCOC(=O)[C@@H]1CSc2c(C3CC3)c(Cc3cccc4ccccc34)cc(=O)n21. The van der Waals surface area contributed by atoms with Gasteiger partial charge in [0, 0.05) is 19.9 Å². The molecule has 0 N–H and O–H groups in total. The Labute approximate surface area is 200 Å². The van der Waals surface area contributed by atoms with Gasteiger partial charge in [-0.3, -0.25) is 9.36 Å². The van der Waals surface area contributed by atoms with Crippen LogP contribution in [0.25, 0.3) is 10.8 Å². The molecule has 1 aliphatic heterocycles. The molecule has 1 fully saturated rings. The zero-order valence-corrected chi connectivity index (χ0v) is 21.4. The Morgan fingerprint density at radius 2 is 1.85 bits per heavy atom. The van der Waals surface area contributed by atoms with Crippen LogP contribution in [0.3, 0.4) is 0 Å². The fraction of sp³-hybridized carbons (Fsp3) is 0.407. The number of carbonyl (C=O) groups excluding carboxylic acids is 1. The average molecular weight is 478 g/mol. The first-order chi connectivity index (χ1) is 15.8. The molecule has 0 amide bonds. The lowest BCUT2D eigenvalue weighted by molar-refractivity contribution is -0.146. The van der Waals surface area contributed by atoms with Gasteiger partial charge in [0.05, 0.1) is 11.6 Å². The summed E-state index contributed by atoms with van der Waals surface area (Å²) in [5, 5.41) is 3.45. The number of carbonyl (C=O) groups is 1. The van der Waals surface area contributed by atoms with Gasteiger partial charge in [0.25, 0.3) is 5.56 Å². The van der Waals surface area contributed by atoms with E-state index in [2.05, 4.69) is 62.1 Å². The minimum atomic E-state index is -1.28. The lowest BCUT2D eigenvalue weighted by Crippen LogP contribution is -2.32. The number of esters is 1. The van der Waals surface area contributed by atoms with Crippen molar-refractivity contribution in [2.24, 2.45) is 0 Å². The van der Waals surface area contributed by atoms with Crippen LogP contribution >= 0.6 is 11.8 Å². The van der Waals surface area contributed by atoms with Gasteiger partial charge >= 0.3 is 5.97 Å². The zero-order chi connectivity index (χ0) is 23.2. The third-order valence-electron chi connectivity index (χ3n) is 6.63. The fourth-order valence-corrected chi connectivity index (χ4v) is 6.80. The van der Waals surface area contributed by atoms with Gasteiger partial charge in [-0.05, 0) is 58.7 Å². The maximum absolute atomic E-state index is 13.3. The average Bonchev–Trinajstić information content (AvgIpc) is 3.50. The second-order valence-corrected chi connectivity index (χ2v) is 17.1. The Hall–Kier alpha value is -2.31. The predicted octanol–water partition coefficient (Wildman–Crippen LogP) is 6.00. The van der Waals surface area contributed by atoms with Crippen LogP contribution in [0.5, 0.6) is 0 Å². The van der Waals surface area contributed by atoms with E-state index in [0.717, 1.165) is 35.9 Å². The number of rotatable bonds is 7. The molecule has 3 aromatic rings. The van der Waals surface area contributed by atoms with E-state index < -0.39 is 14.1 Å². The van der Waals surface area contributed by atoms with Crippen LogP contribution in [0, 0.1) is 0 Å². The number of nitrogens with zero attached hydrogens (tertiary/aromatic N) is 1. The second kappa shape index (κ2) is 8.80. The molecule has 2 heterocycles. The fourth-order valence-electron chi connectivity index (χ4n) is 4.67. The third kappa shape index (κ3) is 4.69. The maximum atomic E-state index is 13.3. The highest BCUT2D eigenvalue weighted by atomic mass is 32.2. The largest absolute Gasteiger partial charge is 0.464 e. The number of aromatic nitrogens is 1. The van der Waals surface area contributed by atoms with Crippen molar-refractivity contribution < 1.29 is 9.53 Å². The van der Waals surface area contributed by atoms with E-state index in [0.29, 0.717) is 18.3 Å². The molecule has 0 bridgehead atoms. The molecule has 1 saturated carbocycles. The van der Waals surface area contributed by atoms with Crippen molar-refractivity contribution in [1.82, 2.24) is 4.57 Å². The lowest BCUT2D eigenvalue weighted by atomic mass is 9.95. The molecular weight excluding hydrogens is 446 g/mol. The number of benzene rings is 2. The molecule has 0 spiro atoms. The van der Waals surface area contributed by atoms with Gasteiger partial charge in [0.1, 0.15) is 6.04 Å². The molecule has 172 valence electrons. The van der Waals surface area contributed by atoms with E-state index in [1.165, 1.54) is 21.9 Å². The molecular formula is C27H31NO3SSi. The van der Waals surface area contributed by atoms with Gasteiger partial charge in [-0.2, -0.15) is 0 Å². The van der Waals surface area contributed by atoms with E-state index >= 15 is 0 Å². The summed E-state index contributed by atoms with van der Waals surface area (Å²) in [6.45, 7) is 7.26. The Kier molecular flexibility index (Phi) is 5.99. The highest BCUT2D eigenvalue weighted by molar-refractivity contribution is 7.99. The van der Waals surface area contributed by atoms with Crippen LogP contribution in [0.15, 0.2) is 58.4 Å². The molecule has 6 heteroatoms. The van der Waals surface area contributed by atoms with Crippen molar-refractivity contribution in [2.75, 3.05) is 12.4 Å². The Morgan fingerprint density at radius 3 is 2.61 bits per heavy atom. The van der Waals surface area contributed by atoms with E-state index in [4.69, 9.17) is 4.74 Å². The van der Waals surface area contributed by atoms with Gasteiger partial charge in [0.15, 0.2) is 0 Å². The van der Waals surface area contributed by atoms with Crippen LogP contribution in [0.1, 0.15) is 41.5 Å². The summed E-state index contributed by atoms with van der Waals surface area (Å²) in [6.07, 6.45) is 3.04. The molecule has 5 rings (SSSR count). The first-order valence-corrected chi connectivity index (χ1v) is 16.6. The predicted molar refractivity (Wildman–Crippen MR) is 138 cm³/mol. The summed E-state index contributed by atoms with van der Waals surface area (Å²) < 4.78 is 7.35. The van der Waals surface area contributed by atoms with Crippen LogP contribution in [-0.2, 0) is 16.0 Å². The summed E-state index contributed by atoms with van der Waals surface area (Å²) >= 11 is 1.65. The number of fused-ring (bicyclic) bond motifs is 2. The quantitative estimate of drug-likeness (QED) is 0.309. The molecule has 1 aliphatic carbocycles. The standard InChI is InChI=1S/C27H31NO3SSi/c1-33(2,3)14-13-31-27(30)23-17-32-26-25(19-11-12-19)21(16-24(29)28(23)26)15-20-9-6-8-18-7-4-5-10-22(18)20/h4-10,16,19,23H,11-15,17H2,1-3H3/t23-/m0/s1. The molecule has 0 unspecified atom stereocenters. The van der Waals surface area contributed by atoms with Crippen molar-refractivity contribution >= 4 is 36.6 Å². The number of hydrogen-bond donors (Lipinski definition) is 0. The maximum Gasteiger partial charge on any atom is 0.330 e. The van der Waals surface area contributed by atoms with E-state index in [1.54, 1.807) is 22.4 Å². The van der Waals surface area contributed by atoms with Crippen LogP contribution < -0.4 is 5.56 Å². The molecule has 1 atom stereocenters. The van der Waals surface area contributed by atoms with Crippen molar-refractivity contribution in [3.63, 3.8) is 0 Å². The Morgan fingerprint density at radius 1 is 1.09 bits per heavy atom. The minimum Gasteiger partial charge on any atom is -0.464 e. The highest BCUT2D eigenvalue weighted by Crippen LogP contribution is 2.48. The van der Waals surface area contributed by atoms with Crippen LogP contribution in [0.2, 0.25) is 25.7 Å². The van der Waals surface area contributed by atoms with E-state index in [1.807, 2.05) is 0 Å². The smallest absolute Gasteiger partial charge is 0.330 e. The molecule has 33 heavy (non-hydrogen) atoms. The third-order valence-corrected chi connectivity index (χ3v) is 9.51. The normalized spacial score (nSPS) is 17.8. The Bertz CT molecular complexity index is 1270. The molecule has 2 aromatic carbocycles. The molecule has 4 nitrogen and oxygen atoms in total. The van der Waals surface area contributed by atoms with Crippen molar-refractivity contribution in [2.45, 2.75) is 61.9 Å². The Balaban J connectivity index is 1.47. The monoisotopic (exact) mass is 477 g/mol. The van der Waals surface area contributed by atoms with Crippen LogP contribution in [-0.4, -0.2) is 31.0 Å². The highest BCUT2D eigenvalue weighted by Gasteiger charge is 2.38. The second-order valence-electron chi connectivity index (χ2n) is 10.5. The van der Waals surface area contributed by atoms with Gasteiger partial charge in [0.2, 0.25) is 0 Å². The van der Waals surface area contributed by atoms with Gasteiger partial charge in [-0.25, -0.2) is 4.79 Å².